The topological polar surface area (TPSA) is 33.3 Å². The Morgan fingerprint density at radius 2 is 2.25 bits per heavy atom. The molecular formula is C5H12N2O. The summed E-state index contributed by atoms with van der Waals surface area (Å²) < 4.78 is 4.74. The molecular weight excluding hydrogens is 104 g/mol. The van der Waals surface area contributed by atoms with Gasteiger partial charge >= 0.3 is 0 Å². The molecule has 0 saturated carbocycles. The number of hydrogen-bond donors (Lipinski definition) is 2. The van der Waals surface area contributed by atoms with Crippen molar-refractivity contribution in [1.82, 2.24) is 10.9 Å². The van der Waals surface area contributed by atoms with Crippen molar-refractivity contribution in [2.45, 2.75) is 13.8 Å². The van der Waals surface area contributed by atoms with Gasteiger partial charge in [-0.1, -0.05) is 13.8 Å². The third kappa shape index (κ3) is 2.47. The summed E-state index contributed by atoms with van der Waals surface area (Å²) in [5, 5.41) is 0. The average Bonchev–Trinajstić information content (AvgIpc) is 2.24. The molecule has 0 aromatic heterocycles. The van der Waals surface area contributed by atoms with Crippen molar-refractivity contribution >= 4 is 0 Å². The van der Waals surface area contributed by atoms with Crippen LogP contribution in [-0.2, 0) is 4.74 Å². The standard InChI is InChI=1S/C3H6N2O.C2H6/c1-3-5-4-2-6-3;1-2/h4-5H,1-2H2;1-2H3. The van der Waals surface area contributed by atoms with Gasteiger partial charge in [-0.2, -0.15) is 5.43 Å². The maximum Gasteiger partial charge on any atom is 0.195 e. The molecule has 1 aliphatic heterocycles. The second kappa shape index (κ2) is 4.46. The molecule has 0 spiro atoms. The van der Waals surface area contributed by atoms with Gasteiger partial charge in [-0.25, -0.2) is 0 Å². The molecule has 1 rings (SSSR count). The van der Waals surface area contributed by atoms with Gasteiger partial charge in [0.1, 0.15) is 0 Å². The predicted molar refractivity (Wildman–Crippen MR) is 32.7 cm³/mol. The van der Waals surface area contributed by atoms with Crippen LogP contribution in [0.1, 0.15) is 13.8 Å². The lowest BCUT2D eigenvalue weighted by atomic mass is 11.0. The van der Waals surface area contributed by atoms with Gasteiger partial charge in [0.15, 0.2) is 12.6 Å². The van der Waals surface area contributed by atoms with E-state index in [1.54, 1.807) is 0 Å². The van der Waals surface area contributed by atoms with Crippen molar-refractivity contribution in [2.24, 2.45) is 0 Å². The molecule has 1 saturated heterocycles. The Bertz CT molecular complexity index is 64.8. The Morgan fingerprint density at radius 1 is 1.62 bits per heavy atom. The molecule has 48 valence electrons. The molecule has 0 aromatic rings. The van der Waals surface area contributed by atoms with Crippen molar-refractivity contribution in [2.75, 3.05) is 6.73 Å². The van der Waals surface area contributed by atoms with E-state index in [1.165, 1.54) is 0 Å². The minimum atomic E-state index is 0.527. The van der Waals surface area contributed by atoms with Crippen LogP contribution in [0.5, 0.6) is 0 Å². The zero-order valence-corrected chi connectivity index (χ0v) is 5.32. The average molecular weight is 116 g/mol. The molecule has 1 aliphatic rings. The minimum Gasteiger partial charge on any atom is -0.461 e. The fourth-order valence-electron chi connectivity index (χ4n) is 0.294. The van der Waals surface area contributed by atoms with Gasteiger partial charge in [0.05, 0.1) is 0 Å². The smallest absolute Gasteiger partial charge is 0.195 e. The van der Waals surface area contributed by atoms with Crippen LogP contribution >= 0.6 is 0 Å². The maximum absolute atomic E-state index is 4.74. The van der Waals surface area contributed by atoms with E-state index in [2.05, 4.69) is 17.4 Å². The van der Waals surface area contributed by atoms with Gasteiger partial charge < -0.3 is 4.74 Å². The fraction of sp³-hybridized carbons (Fsp3) is 0.600. The Balaban J connectivity index is 0.000000222. The highest BCUT2D eigenvalue weighted by molar-refractivity contribution is 4.78. The largest absolute Gasteiger partial charge is 0.461 e. The number of hydrogen-bond acceptors (Lipinski definition) is 3. The fourth-order valence-corrected chi connectivity index (χ4v) is 0.294. The minimum absolute atomic E-state index is 0.527. The van der Waals surface area contributed by atoms with Gasteiger partial charge in [0, 0.05) is 0 Å². The normalized spacial score (nSPS) is 15.5. The molecule has 0 amide bonds. The molecule has 1 fully saturated rings. The van der Waals surface area contributed by atoms with Crippen molar-refractivity contribution in [1.29, 1.82) is 0 Å². The second-order valence-corrected chi connectivity index (χ2v) is 1.01. The second-order valence-electron chi connectivity index (χ2n) is 1.01. The van der Waals surface area contributed by atoms with E-state index in [9.17, 15) is 0 Å². The molecule has 0 aromatic carbocycles. The number of nitrogens with one attached hydrogen (secondary N) is 2. The highest BCUT2D eigenvalue weighted by Gasteiger charge is 1.97. The van der Waals surface area contributed by atoms with Gasteiger partial charge in [-0.15, -0.1) is 0 Å². The van der Waals surface area contributed by atoms with Gasteiger partial charge in [-0.05, 0) is 6.58 Å². The van der Waals surface area contributed by atoms with E-state index < -0.39 is 0 Å². The zero-order chi connectivity index (χ0) is 6.41. The lowest BCUT2D eigenvalue weighted by Gasteiger charge is -1.86. The van der Waals surface area contributed by atoms with Crippen LogP contribution in [0.15, 0.2) is 12.5 Å². The van der Waals surface area contributed by atoms with Crippen LogP contribution in [0, 0.1) is 0 Å². The van der Waals surface area contributed by atoms with E-state index in [0.717, 1.165) is 0 Å². The van der Waals surface area contributed by atoms with Crippen molar-refractivity contribution in [3.63, 3.8) is 0 Å². The first-order valence-electron chi connectivity index (χ1n) is 2.70. The van der Waals surface area contributed by atoms with Crippen LogP contribution < -0.4 is 10.9 Å². The summed E-state index contributed by atoms with van der Waals surface area (Å²) in [5.41, 5.74) is 5.35. The third-order valence-electron chi connectivity index (χ3n) is 0.546. The van der Waals surface area contributed by atoms with Crippen LogP contribution in [0.4, 0.5) is 0 Å². The molecule has 3 nitrogen and oxygen atoms in total. The summed E-state index contributed by atoms with van der Waals surface area (Å²) in [6.45, 7) is 7.98. The molecule has 0 unspecified atom stereocenters. The van der Waals surface area contributed by atoms with Crippen LogP contribution in [0.25, 0.3) is 0 Å². The maximum atomic E-state index is 4.74. The first-order chi connectivity index (χ1) is 3.89. The van der Waals surface area contributed by atoms with E-state index >= 15 is 0 Å². The van der Waals surface area contributed by atoms with Gasteiger partial charge in [-0.3, -0.25) is 5.43 Å². The first-order valence-corrected chi connectivity index (χ1v) is 2.70. The number of hydrazine groups is 1. The van der Waals surface area contributed by atoms with E-state index in [4.69, 9.17) is 4.74 Å². The van der Waals surface area contributed by atoms with E-state index in [1.807, 2.05) is 13.8 Å². The Hall–Kier alpha value is -0.700. The lowest BCUT2D eigenvalue weighted by molar-refractivity contribution is 0.254. The van der Waals surface area contributed by atoms with Crippen LogP contribution in [0.2, 0.25) is 0 Å². The monoisotopic (exact) mass is 116 g/mol. The zero-order valence-electron chi connectivity index (χ0n) is 5.32. The summed E-state index contributed by atoms with van der Waals surface area (Å²) in [6, 6.07) is 0. The van der Waals surface area contributed by atoms with E-state index in [-0.39, 0.29) is 0 Å². The summed E-state index contributed by atoms with van der Waals surface area (Å²) in [5.74, 6) is 0.593. The Morgan fingerprint density at radius 3 is 2.38 bits per heavy atom. The highest BCUT2D eigenvalue weighted by Crippen LogP contribution is 1.87. The summed E-state index contributed by atoms with van der Waals surface area (Å²) >= 11 is 0. The summed E-state index contributed by atoms with van der Waals surface area (Å²) in [6.07, 6.45) is 0. The Labute approximate surface area is 49.7 Å². The van der Waals surface area contributed by atoms with Crippen molar-refractivity contribution in [3.8, 4) is 0 Å². The van der Waals surface area contributed by atoms with Crippen LogP contribution in [0.3, 0.4) is 0 Å². The molecule has 0 bridgehead atoms. The molecule has 0 aliphatic carbocycles. The summed E-state index contributed by atoms with van der Waals surface area (Å²) in [4.78, 5) is 0. The van der Waals surface area contributed by atoms with E-state index in [0.29, 0.717) is 12.6 Å². The number of rotatable bonds is 0. The predicted octanol–water partition coefficient (Wildman–Crippen LogP) is 0.566. The third-order valence-corrected chi connectivity index (χ3v) is 0.546. The first kappa shape index (κ1) is 7.30. The van der Waals surface area contributed by atoms with Crippen molar-refractivity contribution in [3.05, 3.63) is 12.5 Å². The number of ether oxygens (including phenoxy) is 1. The van der Waals surface area contributed by atoms with Gasteiger partial charge in [0.2, 0.25) is 0 Å². The molecule has 1 heterocycles. The quantitative estimate of drug-likeness (QED) is 0.485. The molecule has 0 radical (unpaired) electrons. The highest BCUT2D eigenvalue weighted by atomic mass is 16.5. The molecule has 3 heteroatoms. The van der Waals surface area contributed by atoms with Crippen LogP contribution in [-0.4, -0.2) is 6.73 Å². The van der Waals surface area contributed by atoms with Crippen molar-refractivity contribution < 1.29 is 4.74 Å². The lowest BCUT2D eigenvalue weighted by Crippen LogP contribution is -2.19. The molecule has 2 N–H and O–H groups in total. The molecule has 8 heavy (non-hydrogen) atoms. The molecule has 0 atom stereocenters. The van der Waals surface area contributed by atoms with Gasteiger partial charge in [0.25, 0.3) is 0 Å². The Kier molecular flexibility index (Phi) is 4.07. The SMILES string of the molecule is C=C1NNCO1.CC. The summed E-state index contributed by atoms with van der Waals surface area (Å²) in [7, 11) is 0.